The van der Waals surface area contributed by atoms with Gasteiger partial charge in [0.25, 0.3) is 0 Å². The maximum absolute atomic E-state index is 2.25. The van der Waals surface area contributed by atoms with Crippen LogP contribution in [0.1, 0.15) is 40.5 Å². The molecule has 0 heterocycles. The maximum atomic E-state index is 2.25. The lowest BCUT2D eigenvalue weighted by atomic mass is 9.99. The summed E-state index contributed by atoms with van der Waals surface area (Å²) >= 11 is 0. The fraction of sp³-hybridized carbons (Fsp3) is 0.778. The molecule has 0 spiro atoms. The lowest BCUT2D eigenvalue weighted by molar-refractivity contribution is 0.700. The highest BCUT2D eigenvalue weighted by atomic mass is 14.0. The van der Waals surface area contributed by atoms with Gasteiger partial charge < -0.3 is 0 Å². The Morgan fingerprint density at radius 2 is 2.00 bits per heavy atom. The van der Waals surface area contributed by atoms with Gasteiger partial charge in [-0.2, -0.15) is 0 Å². The van der Waals surface area contributed by atoms with Gasteiger partial charge in [0.2, 0.25) is 0 Å². The van der Waals surface area contributed by atoms with Crippen LogP contribution in [0.3, 0.4) is 0 Å². The SMILES string of the molecule is C/C=C(/CCC)C(C)C. The Morgan fingerprint density at radius 1 is 1.44 bits per heavy atom. The Bertz CT molecular complexity index is 88.2. The molecule has 0 saturated heterocycles. The van der Waals surface area contributed by atoms with E-state index in [2.05, 4.69) is 33.8 Å². The summed E-state index contributed by atoms with van der Waals surface area (Å²) in [6.45, 7) is 8.87. The molecule has 9 heavy (non-hydrogen) atoms. The van der Waals surface area contributed by atoms with Crippen molar-refractivity contribution in [3.05, 3.63) is 11.6 Å². The lowest BCUT2D eigenvalue weighted by Gasteiger charge is -2.07. The van der Waals surface area contributed by atoms with Crippen LogP contribution in [-0.4, -0.2) is 0 Å². The van der Waals surface area contributed by atoms with Crippen molar-refractivity contribution in [1.82, 2.24) is 0 Å². The molecule has 0 aromatic carbocycles. The van der Waals surface area contributed by atoms with E-state index in [0.717, 1.165) is 5.92 Å². The van der Waals surface area contributed by atoms with E-state index in [1.807, 2.05) is 0 Å². The molecule has 0 heteroatoms. The predicted octanol–water partition coefficient (Wildman–Crippen LogP) is 3.39. The van der Waals surface area contributed by atoms with E-state index in [9.17, 15) is 0 Å². The molecule has 0 fully saturated rings. The van der Waals surface area contributed by atoms with Crippen LogP contribution in [0.25, 0.3) is 0 Å². The molecule has 0 rings (SSSR count). The summed E-state index contributed by atoms with van der Waals surface area (Å²) in [4.78, 5) is 0. The zero-order chi connectivity index (χ0) is 7.28. The van der Waals surface area contributed by atoms with Crippen molar-refractivity contribution in [2.75, 3.05) is 0 Å². The van der Waals surface area contributed by atoms with Crippen LogP contribution in [0, 0.1) is 5.92 Å². The molecule has 0 aliphatic rings. The van der Waals surface area contributed by atoms with Crippen molar-refractivity contribution in [2.24, 2.45) is 5.92 Å². The summed E-state index contributed by atoms with van der Waals surface area (Å²) in [5, 5.41) is 0. The monoisotopic (exact) mass is 126 g/mol. The van der Waals surface area contributed by atoms with Crippen molar-refractivity contribution < 1.29 is 0 Å². The molecule has 0 aliphatic carbocycles. The average Bonchev–Trinajstić information content (AvgIpc) is 1.82. The molecule has 0 unspecified atom stereocenters. The number of hydrogen-bond acceptors (Lipinski definition) is 0. The highest BCUT2D eigenvalue weighted by Crippen LogP contribution is 2.14. The third-order valence-corrected chi connectivity index (χ3v) is 1.65. The molecule has 0 bridgehead atoms. The Kier molecular flexibility index (Phi) is 4.47. The summed E-state index contributed by atoms with van der Waals surface area (Å²) in [6.07, 6.45) is 4.79. The van der Waals surface area contributed by atoms with Gasteiger partial charge in [0, 0.05) is 0 Å². The first kappa shape index (κ1) is 8.74. The van der Waals surface area contributed by atoms with E-state index in [4.69, 9.17) is 0 Å². The first-order valence-corrected chi connectivity index (χ1v) is 3.87. The Labute approximate surface area is 59.0 Å². The van der Waals surface area contributed by atoms with E-state index < -0.39 is 0 Å². The Hall–Kier alpha value is -0.260. The van der Waals surface area contributed by atoms with Gasteiger partial charge in [0.05, 0.1) is 0 Å². The molecule has 0 saturated carbocycles. The molecule has 0 aromatic heterocycles. The normalized spacial score (nSPS) is 12.8. The Morgan fingerprint density at radius 3 is 2.11 bits per heavy atom. The summed E-state index contributed by atoms with van der Waals surface area (Å²) in [5.41, 5.74) is 1.59. The molecule has 0 amide bonds. The largest absolute Gasteiger partial charge is 0.0882 e. The summed E-state index contributed by atoms with van der Waals surface area (Å²) < 4.78 is 0. The molecule has 0 radical (unpaired) electrons. The van der Waals surface area contributed by atoms with Gasteiger partial charge in [0.1, 0.15) is 0 Å². The second kappa shape index (κ2) is 4.60. The van der Waals surface area contributed by atoms with Crippen LogP contribution in [0.2, 0.25) is 0 Å². The van der Waals surface area contributed by atoms with Gasteiger partial charge >= 0.3 is 0 Å². The van der Waals surface area contributed by atoms with Gasteiger partial charge in [-0.1, -0.05) is 38.8 Å². The molecule has 54 valence electrons. The lowest BCUT2D eigenvalue weighted by Crippen LogP contribution is -1.92. The molecule has 0 atom stereocenters. The van der Waals surface area contributed by atoms with Crippen LogP contribution in [0.4, 0.5) is 0 Å². The third-order valence-electron chi connectivity index (χ3n) is 1.65. The first-order valence-electron chi connectivity index (χ1n) is 3.87. The van der Waals surface area contributed by atoms with Gasteiger partial charge in [-0.3, -0.25) is 0 Å². The predicted molar refractivity (Wildman–Crippen MR) is 43.5 cm³/mol. The van der Waals surface area contributed by atoms with Gasteiger partial charge in [-0.25, -0.2) is 0 Å². The fourth-order valence-corrected chi connectivity index (χ4v) is 1.06. The topological polar surface area (TPSA) is 0 Å². The van der Waals surface area contributed by atoms with Crippen molar-refractivity contribution in [3.8, 4) is 0 Å². The van der Waals surface area contributed by atoms with Crippen LogP contribution in [-0.2, 0) is 0 Å². The maximum Gasteiger partial charge on any atom is -0.0260 e. The number of allylic oxidation sites excluding steroid dienone is 2. The van der Waals surface area contributed by atoms with Crippen molar-refractivity contribution in [2.45, 2.75) is 40.5 Å². The Balaban J connectivity index is 3.70. The summed E-state index contributed by atoms with van der Waals surface area (Å²) in [5.74, 6) is 0.745. The van der Waals surface area contributed by atoms with Gasteiger partial charge in [-0.05, 0) is 19.3 Å². The molecule has 0 N–H and O–H groups in total. The van der Waals surface area contributed by atoms with E-state index in [1.54, 1.807) is 5.57 Å². The first-order chi connectivity index (χ1) is 4.22. The molecular formula is C9H18. The minimum atomic E-state index is 0.745. The van der Waals surface area contributed by atoms with E-state index in [0.29, 0.717) is 0 Å². The quantitative estimate of drug-likeness (QED) is 0.508. The fourth-order valence-electron chi connectivity index (χ4n) is 1.06. The van der Waals surface area contributed by atoms with Crippen LogP contribution in [0.15, 0.2) is 11.6 Å². The molecule has 0 aliphatic heterocycles. The highest BCUT2D eigenvalue weighted by Gasteiger charge is 1.98. The molecule has 0 nitrogen and oxygen atoms in total. The minimum absolute atomic E-state index is 0.745. The number of hydrogen-bond donors (Lipinski definition) is 0. The van der Waals surface area contributed by atoms with Crippen molar-refractivity contribution in [3.63, 3.8) is 0 Å². The standard InChI is InChI=1S/C9H18/c1-5-7-9(6-2)8(3)4/h6,8H,5,7H2,1-4H3/b9-6-. The van der Waals surface area contributed by atoms with E-state index in [1.165, 1.54) is 12.8 Å². The van der Waals surface area contributed by atoms with E-state index in [-0.39, 0.29) is 0 Å². The molecular weight excluding hydrogens is 108 g/mol. The zero-order valence-corrected chi connectivity index (χ0v) is 7.07. The summed E-state index contributed by atoms with van der Waals surface area (Å²) in [6, 6.07) is 0. The van der Waals surface area contributed by atoms with Crippen LogP contribution < -0.4 is 0 Å². The van der Waals surface area contributed by atoms with Crippen molar-refractivity contribution >= 4 is 0 Å². The van der Waals surface area contributed by atoms with Gasteiger partial charge in [-0.15, -0.1) is 0 Å². The number of rotatable bonds is 3. The smallest absolute Gasteiger partial charge is 0.0260 e. The average molecular weight is 126 g/mol. The van der Waals surface area contributed by atoms with Crippen molar-refractivity contribution in [1.29, 1.82) is 0 Å². The molecule has 0 aromatic rings. The second-order valence-electron chi connectivity index (χ2n) is 2.77. The van der Waals surface area contributed by atoms with Crippen LogP contribution >= 0.6 is 0 Å². The minimum Gasteiger partial charge on any atom is -0.0882 e. The second-order valence-corrected chi connectivity index (χ2v) is 2.77. The highest BCUT2D eigenvalue weighted by molar-refractivity contribution is 5.02. The van der Waals surface area contributed by atoms with E-state index >= 15 is 0 Å². The van der Waals surface area contributed by atoms with Gasteiger partial charge in [0.15, 0.2) is 0 Å². The van der Waals surface area contributed by atoms with Crippen LogP contribution in [0.5, 0.6) is 0 Å². The zero-order valence-electron chi connectivity index (χ0n) is 7.07. The third kappa shape index (κ3) is 3.34. The summed E-state index contributed by atoms with van der Waals surface area (Å²) in [7, 11) is 0.